The minimum absolute atomic E-state index is 0.0121. The van der Waals surface area contributed by atoms with Crippen molar-refractivity contribution in [2.45, 2.75) is 25.8 Å². The number of rotatable bonds is 3. The average Bonchev–Trinajstić information content (AvgIpc) is 3.35. The smallest absolute Gasteiger partial charge is 0.254 e. The highest BCUT2D eigenvalue weighted by atomic mass is 16.5. The zero-order chi connectivity index (χ0) is 16.5. The Labute approximate surface area is 138 Å². The number of carbonyl (C=O) groups excluding carboxylic acids is 1. The molecule has 0 aromatic carbocycles. The molecule has 0 spiro atoms. The highest BCUT2D eigenvalue weighted by Crippen LogP contribution is 2.32. The Morgan fingerprint density at radius 1 is 1.33 bits per heavy atom. The quantitative estimate of drug-likeness (QED) is 0.740. The van der Waals surface area contributed by atoms with Crippen molar-refractivity contribution in [1.29, 1.82) is 0 Å². The van der Waals surface area contributed by atoms with Crippen LogP contribution in [0.4, 0.5) is 0 Å². The van der Waals surface area contributed by atoms with E-state index in [0.717, 1.165) is 30.8 Å². The molecule has 1 atom stereocenters. The lowest BCUT2D eigenvalue weighted by atomic mass is 10.1. The number of nitrogens with zero attached hydrogens (tertiary/aromatic N) is 5. The van der Waals surface area contributed by atoms with Gasteiger partial charge in [-0.2, -0.15) is 0 Å². The van der Waals surface area contributed by atoms with Crippen LogP contribution in [0.2, 0.25) is 0 Å². The highest BCUT2D eigenvalue weighted by Gasteiger charge is 2.32. The summed E-state index contributed by atoms with van der Waals surface area (Å²) in [7, 11) is 0. The molecule has 1 saturated heterocycles. The van der Waals surface area contributed by atoms with Crippen molar-refractivity contribution < 1.29 is 9.32 Å². The van der Waals surface area contributed by atoms with E-state index >= 15 is 0 Å². The normalized spacial score (nSPS) is 17.4. The van der Waals surface area contributed by atoms with Crippen molar-refractivity contribution in [3.63, 3.8) is 0 Å². The van der Waals surface area contributed by atoms with E-state index in [-0.39, 0.29) is 11.9 Å². The molecule has 3 aromatic heterocycles. The van der Waals surface area contributed by atoms with Gasteiger partial charge in [0.1, 0.15) is 23.6 Å². The molecule has 3 aromatic rings. The van der Waals surface area contributed by atoms with E-state index in [4.69, 9.17) is 4.52 Å². The van der Waals surface area contributed by atoms with Gasteiger partial charge in [0, 0.05) is 36.8 Å². The van der Waals surface area contributed by atoms with E-state index in [1.807, 2.05) is 17.9 Å². The van der Waals surface area contributed by atoms with E-state index in [0.29, 0.717) is 11.4 Å². The first kappa shape index (κ1) is 14.6. The molecule has 1 fully saturated rings. The van der Waals surface area contributed by atoms with Crippen LogP contribution < -0.4 is 0 Å². The van der Waals surface area contributed by atoms with Gasteiger partial charge in [0.15, 0.2) is 0 Å². The Morgan fingerprint density at radius 2 is 2.25 bits per heavy atom. The predicted octanol–water partition coefficient (Wildman–Crippen LogP) is 2.54. The van der Waals surface area contributed by atoms with Crippen LogP contribution in [0.25, 0.3) is 5.82 Å². The first-order chi connectivity index (χ1) is 11.7. The lowest BCUT2D eigenvalue weighted by molar-refractivity contribution is 0.0730. The van der Waals surface area contributed by atoms with Crippen LogP contribution in [0.5, 0.6) is 0 Å². The number of likely N-dealkylation sites (tertiary alicyclic amines) is 1. The lowest BCUT2D eigenvalue weighted by Gasteiger charge is -2.23. The van der Waals surface area contributed by atoms with E-state index in [1.54, 1.807) is 41.6 Å². The topological polar surface area (TPSA) is 77.1 Å². The first-order valence-corrected chi connectivity index (χ1v) is 7.91. The fourth-order valence-corrected chi connectivity index (χ4v) is 3.11. The summed E-state index contributed by atoms with van der Waals surface area (Å²) >= 11 is 0. The Morgan fingerprint density at radius 3 is 3.00 bits per heavy atom. The Balaban J connectivity index is 1.62. The summed E-state index contributed by atoms with van der Waals surface area (Å²) in [5.74, 6) is 1.42. The molecule has 0 radical (unpaired) electrons. The number of amides is 1. The molecule has 1 aliphatic rings. The van der Waals surface area contributed by atoms with Gasteiger partial charge >= 0.3 is 0 Å². The van der Waals surface area contributed by atoms with Gasteiger partial charge in [0.25, 0.3) is 5.91 Å². The van der Waals surface area contributed by atoms with Crippen LogP contribution in [0, 0.1) is 6.92 Å². The fraction of sp³-hybridized carbons (Fsp3) is 0.294. The molecule has 122 valence electrons. The average molecular weight is 323 g/mol. The maximum Gasteiger partial charge on any atom is 0.254 e. The molecule has 0 saturated carbocycles. The zero-order valence-corrected chi connectivity index (χ0v) is 13.3. The molecule has 0 aliphatic carbocycles. The van der Waals surface area contributed by atoms with Gasteiger partial charge in [0.2, 0.25) is 0 Å². The molecule has 0 N–H and O–H groups in total. The van der Waals surface area contributed by atoms with Crippen LogP contribution >= 0.6 is 0 Å². The molecule has 7 nitrogen and oxygen atoms in total. The SMILES string of the molecule is Cc1cc([C@@H]2CCCN2C(=O)c2ccnc(-n3ccnc3)c2)no1. The zero-order valence-electron chi connectivity index (χ0n) is 13.3. The third kappa shape index (κ3) is 2.58. The van der Waals surface area contributed by atoms with Crippen LogP contribution in [0.15, 0.2) is 47.6 Å². The third-order valence-electron chi connectivity index (χ3n) is 4.26. The van der Waals surface area contributed by atoms with Crippen molar-refractivity contribution >= 4 is 5.91 Å². The Hall–Kier alpha value is -2.96. The molecule has 1 amide bonds. The Bertz CT molecular complexity index is 856. The van der Waals surface area contributed by atoms with Crippen LogP contribution in [-0.4, -0.2) is 37.0 Å². The predicted molar refractivity (Wildman–Crippen MR) is 85.6 cm³/mol. The van der Waals surface area contributed by atoms with Gasteiger partial charge in [-0.1, -0.05) is 5.16 Å². The molecule has 1 aliphatic heterocycles. The molecule has 4 rings (SSSR count). The van der Waals surface area contributed by atoms with Gasteiger partial charge in [-0.25, -0.2) is 9.97 Å². The van der Waals surface area contributed by atoms with Gasteiger partial charge in [-0.3, -0.25) is 9.36 Å². The molecule has 0 unspecified atom stereocenters. The first-order valence-electron chi connectivity index (χ1n) is 7.91. The molecular weight excluding hydrogens is 306 g/mol. The maximum atomic E-state index is 13.0. The summed E-state index contributed by atoms with van der Waals surface area (Å²) in [5, 5.41) is 4.09. The second kappa shape index (κ2) is 5.92. The van der Waals surface area contributed by atoms with Crippen molar-refractivity contribution in [2.24, 2.45) is 0 Å². The second-order valence-corrected chi connectivity index (χ2v) is 5.89. The van der Waals surface area contributed by atoms with Gasteiger partial charge in [-0.05, 0) is 31.9 Å². The molecular formula is C17H17N5O2. The number of hydrogen-bond donors (Lipinski definition) is 0. The summed E-state index contributed by atoms with van der Waals surface area (Å²) in [6.45, 7) is 2.58. The summed E-state index contributed by atoms with van der Waals surface area (Å²) in [4.78, 5) is 23.1. The highest BCUT2D eigenvalue weighted by molar-refractivity contribution is 5.95. The van der Waals surface area contributed by atoms with E-state index < -0.39 is 0 Å². The maximum absolute atomic E-state index is 13.0. The summed E-state index contributed by atoms with van der Waals surface area (Å²) in [6, 6.07) is 5.40. The van der Waals surface area contributed by atoms with Crippen LogP contribution in [-0.2, 0) is 0 Å². The largest absolute Gasteiger partial charge is 0.361 e. The standard InChI is InChI=1S/C17H17N5O2/c1-12-9-14(20-24-12)15-3-2-7-22(15)17(23)13-4-5-19-16(10-13)21-8-6-18-11-21/h4-6,8-11,15H,2-3,7H2,1H3/t15-/m0/s1. The number of aryl methyl sites for hydroxylation is 1. The summed E-state index contributed by atoms with van der Waals surface area (Å²) < 4.78 is 6.95. The minimum Gasteiger partial charge on any atom is -0.361 e. The number of carbonyl (C=O) groups is 1. The molecule has 0 bridgehead atoms. The second-order valence-electron chi connectivity index (χ2n) is 5.89. The van der Waals surface area contributed by atoms with Crippen LogP contribution in [0.3, 0.4) is 0 Å². The van der Waals surface area contributed by atoms with Crippen LogP contribution in [0.1, 0.15) is 40.7 Å². The molecule has 7 heteroatoms. The van der Waals surface area contributed by atoms with Crippen molar-refractivity contribution in [3.05, 3.63) is 60.1 Å². The van der Waals surface area contributed by atoms with E-state index in [1.165, 1.54) is 0 Å². The minimum atomic E-state index is -0.0280. The van der Waals surface area contributed by atoms with E-state index in [2.05, 4.69) is 15.1 Å². The summed E-state index contributed by atoms with van der Waals surface area (Å²) in [5.41, 5.74) is 1.43. The fourth-order valence-electron chi connectivity index (χ4n) is 3.11. The number of pyridine rings is 1. The van der Waals surface area contributed by atoms with E-state index in [9.17, 15) is 4.79 Å². The Kier molecular flexibility index (Phi) is 3.60. The number of hydrogen-bond acceptors (Lipinski definition) is 5. The van der Waals surface area contributed by atoms with Gasteiger partial charge in [0.05, 0.1) is 6.04 Å². The molecule has 24 heavy (non-hydrogen) atoms. The molecule has 4 heterocycles. The number of aromatic nitrogens is 4. The lowest BCUT2D eigenvalue weighted by Crippen LogP contribution is -2.30. The van der Waals surface area contributed by atoms with Crippen molar-refractivity contribution in [2.75, 3.05) is 6.54 Å². The van der Waals surface area contributed by atoms with Gasteiger partial charge in [-0.15, -0.1) is 0 Å². The summed E-state index contributed by atoms with van der Waals surface area (Å²) in [6.07, 6.45) is 8.65. The van der Waals surface area contributed by atoms with Crippen molar-refractivity contribution in [3.8, 4) is 5.82 Å². The third-order valence-corrected chi connectivity index (χ3v) is 4.26. The monoisotopic (exact) mass is 323 g/mol. The van der Waals surface area contributed by atoms with Gasteiger partial charge < -0.3 is 9.42 Å². The number of imidazole rings is 1. The van der Waals surface area contributed by atoms with Crippen molar-refractivity contribution in [1.82, 2.24) is 24.6 Å².